The summed E-state index contributed by atoms with van der Waals surface area (Å²) >= 11 is 0. The summed E-state index contributed by atoms with van der Waals surface area (Å²) in [6, 6.07) is 0. The molecular formula is C15H30. The Bertz CT molecular complexity index is 178. The third-order valence-electron chi connectivity index (χ3n) is 5.35. The molecule has 0 aromatic rings. The van der Waals surface area contributed by atoms with Crippen LogP contribution in [0.25, 0.3) is 0 Å². The molecule has 0 heterocycles. The maximum absolute atomic E-state index is 2.49. The fraction of sp³-hybridized carbons (Fsp3) is 1.00. The van der Waals surface area contributed by atoms with Gasteiger partial charge >= 0.3 is 0 Å². The van der Waals surface area contributed by atoms with E-state index in [1.165, 1.54) is 19.3 Å². The summed E-state index contributed by atoms with van der Waals surface area (Å²) in [5, 5.41) is 0. The van der Waals surface area contributed by atoms with Crippen molar-refractivity contribution < 1.29 is 0 Å². The van der Waals surface area contributed by atoms with Crippen molar-refractivity contribution in [1.82, 2.24) is 0 Å². The summed E-state index contributed by atoms with van der Waals surface area (Å²) in [4.78, 5) is 0. The largest absolute Gasteiger partial charge is 0.0651 e. The summed E-state index contributed by atoms with van der Waals surface area (Å²) in [6.07, 6.45) is 4.30. The maximum Gasteiger partial charge on any atom is -0.0381 e. The fourth-order valence-electron chi connectivity index (χ4n) is 3.19. The standard InChI is InChI=1S/C15H30/c1-7-11(3)12(4)13(5)14(6)15-8-10(2)9-15/h10-15H,7-9H2,1-6H3. The van der Waals surface area contributed by atoms with E-state index in [1.807, 2.05) is 0 Å². The molecule has 1 aliphatic rings. The molecule has 0 aliphatic heterocycles. The van der Waals surface area contributed by atoms with Crippen LogP contribution in [0.2, 0.25) is 0 Å². The van der Waals surface area contributed by atoms with Gasteiger partial charge in [0.05, 0.1) is 0 Å². The van der Waals surface area contributed by atoms with Crippen LogP contribution in [0.3, 0.4) is 0 Å². The van der Waals surface area contributed by atoms with Gasteiger partial charge in [0.1, 0.15) is 0 Å². The monoisotopic (exact) mass is 210 g/mol. The topological polar surface area (TPSA) is 0 Å². The van der Waals surface area contributed by atoms with Gasteiger partial charge < -0.3 is 0 Å². The van der Waals surface area contributed by atoms with Gasteiger partial charge in [-0.15, -0.1) is 0 Å². The number of rotatable bonds is 5. The first-order chi connectivity index (χ1) is 6.97. The van der Waals surface area contributed by atoms with Gasteiger partial charge in [0.2, 0.25) is 0 Å². The molecule has 0 nitrogen and oxygen atoms in total. The van der Waals surface area contributed by atoms with Crippen LogP contribution < -0.4 is 0 Å². The minimum atomic E-state index is 0.889. The number of hydrogen-bond acceptors (Lipinski definition) is 0. The van der Waals surface area contributed by atoms with Gasteiger partial charge in [-0.05, 0) is 48.3 Å². The third-order valence-corrected chi connectivity index (χ3v) is 5.35. The van der Waals surface area contributed by atoms with E-state index in [2.05, 4.69) is 41.5 Å². The summed E-state index contributed by atoms with van der Waals surface area (Å²) in [5.41, 5.74) is 0. The first-order valence-electron chi connectivity index (χ1n) is 6.97. The van der Waals surface area contributed by atoms with Gasteiger partial charge in [0.15, 0.2) is 0 Å². The zero-order valence-corrected chi connectivity index (χ0v) is 11.6. The van der Waals surface area contributed by atoms with Crippen molar-refractivity contribution in [3.05, 3.63) is 0 Å². The molecule has 1 aliphatic carbocycles. The van der Waals surface area contributed by atoms with Crippen LogP contribution in [0.15, 0.2) is 0 Å². The van der Waals surface area contributed by atoms with Gasteiger partial charge in [-0.2, -0.15) is 0 Å². The molecule has 90 valence electrons. The Morgan fingerprint density at radius 1 is 1.00 bits per heavy atom. The van der Waals surface area contributed by atoms with E-state index in [4.69, 9.17) is 0 Å². The lowest BCUT2D eigenvalue weighted by Gasteiger charge is -2.42. The maximum atomic E-state index is 2.49. The molecule has 15 heavy (non-hydrogen) atoms. The average Bonchev–Trinajstić information content (AvgIpc) is 2.20. The zero-order chi connectivity index (χ0) is 11.6. The second-order valence-corrected chi connectivity index (χ2v) is 6.30. The van der Waals surface area contributed by atoms with Gasteiger partial charge in [0, 0.05) is 0 Å². The molecule has 0 spiro atoms. The predicted octanol–water partition coefficient (Wildman–Crippen LogP) is 4.99. The van der Waals surface area contributed by atoms with Crippen LogP contribution in [0.4, 0.5) is 0 Å². The second-order valence-electron chi connectivity index (χ2n) is 6.30. The van der Waals surface area contributed by atoms with E-state index in [9.17, 15) is 0 Å². The molecule has 0 radical (unpaired) electrons. The Labute approximate surface area is 96.8 Å². The SMILES string of the molecule is CCC(C)C(C)C(C)C(C)C1CC(C)C1. The van der Waals surface area contributed by atoms with Crippen molar-refractivity contribution in [2.75, 3.05) is 0 Å². The van der Waals surface area contributed by atoms with Crippen molar-refractivity contribution in [3.63, 3.8) is 0 Å². The Morgan fingerprint density at radius 2 is 1.53 bits per heavy atom. The summed E-state index contributed by atoms with van der Waals surface area (Å²) in [6.45, 7) is 14.6. The summed E-state index contributed by atoms with van der Waals surface area (Å²) in [5.74, 6) is 5.65. The molecule has 4 atom stereocenters. The highest BCUT2D eigenvalue weighted by Gasteiger charge is 2.34. The third kappa shape index (κ3) is 2.98. The Balaban J connectivity index is 2.41. The Hall–Kier alpha value is 0. The van der Waals surface area contributed by atoms with Crippen molar-refractivity contribution in [1.29, 1.82) is 0 Å². The van der Waals surface area contributed by atoms with E-state index in [0.29, 0.717) is 0 Å². The molecule has 1 rings (SSSR count). The van der Waals surface area contributed by atoms with E-state index in [0.717, 1.165) is 35.5 Å². The average molecular weight is 210 g/mol. The van der Waals surface area contributed by atoms with Crippen LogP contribution >= 0.6 is 0 Å². The molecule has 0 amide bonds. The summed E-state index contributed by atoms with van der Waals surface area (Å²) in [7, 11) is 0. The highest BCUT2D eigenvalue weighted by Crippen LogP contribution is 2.43. The van der Waals surface area contributed by atoms with Crippen LogP contribution in [0.5, 0.6) is 0 Å². The molecular weight excluding hydrogens is 180 g/mol. The van der Waals surface area contributed by atoms with E-state index >= 15 is 0 Å². The molecule has 0 N–H and O–H groups in total. The van der Waals surface area contributed by atoms with Crippen molar-refractivity contribution in [2.24, 2.45) is 35.5 Å². The normalized spacial score (nSPS) is 34.0. The Kier molecular flexibility index (Phi) is 4.67. The van der Waals surface area contributed by atoms with E-state index < -0.39 is 0 Å². The highest BCUT2D eigenvalue weighted by atomic mass is 14.4. The summed E-state index contributed by atoms with van der Waals surface area (Å²) < 4.78 is 0. The Morgan fingerprint density at radius 3 is 1.93 bits per heavy atom. The lowest BCUT2D eigenvalue weighted by molar-refractivity contribution is 0.0766. The zero-order valence-electron chi connectivity index (χ0n) is 11.6. The first-order valence-corrected chi connectivity index (χ1v) is 6.97. The molecule has 0 aromatic carbocycles. The van der Waals surface area contributed by atoms with Gasteiger partial charge in [-0.25, -0.2) is 0 Å². The van der Waals surface area contributed by atoms with Crippen molar-refractivity contribution >= 4 is 0 Å². The molecule has 0 aromatic heterocycles. The molecule has 0 heteroatoms. The van der Waals surface area contributed by atoms with Crippen LogP contribution in [-0.4, -0.2) is 0 Å². The molecule has 1 fully saturated rings. The van der Waals surface area contributed by atoms with Gasteiger partial charge in [0.25, 0.3) is 0 Å². The van der Waals surface area contributed by atoms with Crippen LogP contribution in [0.1, 0.15) is 60.8 Å². The van der Waals surface area contributed by atoms with E-state index in [1.54, 1.807) is 0 Å². The van der Waals surface area contributed by atoms with Crippen molar-refractivity contribution in [3.8, 4) is 0 Å². The second kappa shape index (κ2) is 5.37. The molecule has 0 bridgehead atoms. The predicted molar refractivity (Wildman–Crippen MR) is 68.8 cm³/mol. The quantitative estimate of drug-likeness (QED) is 0.600. The minimum absolute atomic E-state index is 0.889. The smallest absolute Gasteiger partial charge is 0.0381 e. The number of hydrogen-bond donors (Lipinski definition) is 0. The molecule has 1 saturated carbocycles. The van der Waals surface area contributed by atoms with E-state index in [-0.39, 0.29) is 0 Å². The van der Waals surface area contributed by atoms with Gasteiger partial charge in [-0.1, -0.05) is 48.0 Å². The highest BCUT2D eigenvalue weighted by molar-refractivity contribution is 4.84. The molecule has 0 saturated heterocycles. The lowest BCUT2D eigenvalue weighted by atomic mass is 9.63. The lowest BCUT2D eigenvalue weighted by Crippen LogP contribution is -2.34. The van der Waals surface area contributed by atoms with Crippen LogP contribution in [0, 0.1) is 35.5 Å². The van der Waals surface area contributed by atoms with Crippen molar-refractivity contribution in [2.45, 2.75) is 60.8 Å². The first kappa shape index (κ1) is 13.1. The van der Waals surface area contributed by atoms with Crippen LogP contribution in [-0.2, 0) is 0 Å². The van der Waals surface area contributed by atoms with Gasteiger partial charge in [-0.3, -0.25) is 0 Å². The minimum Gasteiger partial charge on any atom is -0.0651 e. The fourth-order valence-corrected chi connectivity index (χ4v) is 3.19. The molecule has 4 unspecified atom stereocenters.